The van der Waals surface area contributed by atoms with Crippen LogP contribution in [0.4, 0.5) is 5.13 Å². The van der Waals surface area contributed by atoms with Crippen molar-refractivity contribution in [2.24, 2.45) is 5.92 Å². The average Bonchev–Trinajstić information content (AvgIpc) is 2.79. The quantitative estimate of drug-likeness (QED) is 0.891. The molecule has 1 N–H and O–H groups in total. The van der Waals surface area contributed by atoms with E-state index in [0.29, 0.717) is 6.04 Å². The van der Waals surface area contributed by atoms with Crippen molar-refractivity contribution in [3.8, 4) is 0 Å². The van der Waals surface area contributed by atoms with Crippen molar-refractivity contribution in [3.63, 3.8) is 0 Å². The molecule has 0 aromatic carbocycles. The zero-order valence-electron chi connectivity index (χ0n) is 11.6. The van der Waals surface area contributed by atoms with Gasteiger partial charge in [-0.25, -0.2) is 0 Å². The third kappa shape index (κ3) is 3.65. The number of rotatable bonds is 5. The van der Waals surface area contributed by atoms with Crippen LogP contribution in [0, 0.1) is 5.92 Å². The molecule has 1 fully saturated rings. The molecule has 0 bridgehead atoms. The van der Waals surface area contributed by atoms with Gasteiger partial charge in [-0.3, -0.25) is 4.90 Å². The van der Waals surface area contributed by atoms with Gasteiger partial charge in [0, 0.05) is 19.1 Å². The van der Waals surface area contributed by atoms with Crippen molar-refractivity contribution in [3.05, 3.63) is 5.01 Å². The molecule has 1 saturated heterocycles. The highest BCUT2D eigenvalue weighted by atomic mass is 32.1. The molecule has 0 radical (unpaired) electrons. The monoisotopic (exact) mass is 268 g/mol. The third-order valence-electron chi connectivity index (χ3n) is 3.58. The molecule has 1 aliphatic rings. The summed E-state index contributed by atoms with van der Waals surface area (Å²) in [5.74, 6) is 0.812. The molecule has 0 saturated carbocycles. The molecule has 18 heavy (non-hydrogen) atoms. The van der Waals surface area contributed by atoms with Gasteiger partial charge in [0.05, 0.1) is 6.54 Å². The number of nitrogens with zero attached hydrogens (tertiary/aromatic N) is 3. The Morgan fingerprint density at radius 1 is 1.33 bits per heavy atom. The second-order valence-corrected chi connectivity index (χ2v) is 6.45. The second-order valence-electron chi connectivity index (χ2n) is 5.39. The maximum absolute atomic E-state index is 4.29. The van der Waals surface area contributed by atoms with E-state index in [1.165, 1.54) is 19.4 Å². The van der Waals surface area contributed by atoms with Gasteiger partial charge in [0.2, 0.25) is 5.13 Å². The molecule has 5 heteroatoms. The lowest BCUT2D eigenvalue weighted by molar-refractivity contribution is 0.117. The fourth-order valence-electron chi connectivity index (χ4n) is 2.39. The molecule has 102 valence electrons. The van der Waals surface area contributed by atoms with E-state index in [-0.39, 0.29) is 0 Å². The van der Waals surface area contributed by atoms with Crippen LogP contribution in [-0.2, 0) is 6.54 Å². The normalized spacial score (nSPS) is 25.3. The molecule has 2 atom stereocenters. The van der Waals surface area contributed by atoms with Crippen LogP contribution in [0.3, 0.4) is 0 Å². The van der Waals surface area contributed by atoms with Gasteiger partial charge in [0.25, 0.3) is 0 Å². The van der Waals surface area contributed by atoms with Gasteiger partial charge in [-0.05, 0) is 32.1 Å². The molecule has 1 aromatic heterocycles. The Labute approximate surface area is 114 Å². The molecule has 2 heterocycles. The first-order valence-electron chi connectivity index (χ1n) is 6.99. The number of hydrogen-bond acceptors (Lipinski definition) is 5. The summed E-state index contributed by atoms with van der Waals surface area (Å²) in [4.78, 5) is 2.54. The van der Waals surface area contributed by atoms with E-state index in [0.717, 1.165) is 35.6 Å². The molecular weight excluding hydrogens is 244 g/mol. The summed E-state index contributed by atoms with van der Waals surface area (Å²) in [7, 11) is 0. The minimum absolute atomic E-state index is 0.678. The molecule has 0 spiro atoms. The van der Waals surface area contributed by atoms with Crippen LogP contribution in [0.5, 0.6) is 0 Å². The van der Waals surface area contributed by atoms with Crippen LogP contribution in [0.2, 0.25) is 0 Å². The van der Waals surface area contributed by atoms with Gasteiger partial charge in [0.15, 0.2) is 0 Å². The van der Waals surface area contributed by atoms with Crippen LogP contribution in [0.15, 0.2) is 0 Å². The van der Waals surface area contributed by atoms with Gasteiger partial charge in [-0.2, -0.15) is 0 Å². The minimum atomic E-state index is 0.678. The molecule has 1 aromatic rings. The van der Waals surface area contributed by atoms with Gasteiger partial charge >= 0.3 is 0 Å². The zero-order valence-corrected chi connectivity index (χ0v) is 12.5. The Morgan fingerprint density at radius 2 is 2.17 bits per heavy atom. The van der Waals surface area contributed by atoms with Crippen LogP contribution < -0.4 is 5.32 Å². The SMILES string of the molecule is CCCNc1nnc(CN2CC(C)CCC2C)s1. The predicted octanol–water partition coefficient (Wildman–Crippen LogP) is 2.98. The number of likely N-dealkylation sites (tertiary alicyclic amines) is 1. The van der Waals surface area contributed by atoms with Crippen LogP contribution in [-0.4, -0.2) is 34.2 Å². The fraction of sp³-hybridized carbons (Fsp3) is 0.846. The van der Waals surface area contributed by atoms with E-state index in [2.05, 4.69) is 41.2 Å². The number of hydrogen-bond donors (Lipinski definition) is 1. The molecular formula is C13H24N4S. The van der Waals surface area contributed by atoms with Gasteiger partial charge in [0.1, 0.15) is 5.01 Å². The smallest absolute Gasteiger partial charge is 0.205 e. The highest BCUT2D eigenvalue weighted by Gasteiger charge is 2.23. The van der Waals surface area contributed by atoms with Crippen molar-refractivity contribution in [2.75, 3.05) is 18.4 Å². The Hall–Kier alpha value is -0.680. The Bertz CT molecular complexity index is 366. The summed E-state index contributed by atoms with van der Waals surface area (Å²) in [5, 5.41) is 13.9. The Kier molecular flexibility index (Phi) is 4.95. The first kappa shape index (κ1) is 13.7. The lowest BCUT2D eigenvalue weighted by atomic mass is 9.95. The summed E-state index contributed by atoms with van der Waals surface area (Å²) >= 11 is 1.69. The third-order valence-corrected chi connectivity index (χ3v) is 4.44. The van der Waals surface area contributed by atoms with Crippen molar-refractivity contribution in [1.29, 1.82) is 0 Å². The van der Waals surface area contributed by atoms with Crippen LogP contribution in [0.25, 0.3) is 0 Å². The topological polar surface area (TPSA) is 41.1 Å². The molecule has 2 rings (SSSR count). The summed E-state index contributed by atoms with van der Waals surface area (Å²) < 4.78 is 0. The largest absolute Gasteiger partial charge is 0.360 e. The average molecular weight is 268 g/mol. The molecule has 2 unspecified atom stereocenters. The predicted molar refractivity (Wildman–Crippen MR) is 77.0 cm³/mol. The first-order valence-corrected chi connectivity index (χ1v) is 7.81. The molecule has 4 nitrogen and oxygen atoms in total. The Morgan fingerprint density at radius 3 is 2.94 bits per heavy atom. The summed E-state index contributed by atoms with van der Waals surface area (Å²) in [5.41, 5.74) is 0. The van der Waals surface area contributed by atoms with E-state index in [1.807, 2.05) is 0 Å². The lowest BCUT2D eigenvalue weighted by Gasteiger charge is -2.36. The summed E-state index contributed by atoms with van der Waals surface area (Å²) in [6, 6.07) is 0.678. The standard InChI is InChI=1S/C13H24N4S/c1-4-7-14-13-16-15-12(18-13)9-17-8-10(2)5-6-11(17)3/h10-11H,4-9H2,1-3H3,(H,14,16). The highest BCUT2D eigenvalue weighted by molar-refractivity contribution is 7.15. The number of anilines is 1. The molecule has 1 aliphatic heterocycles. The van der Waals surface area contributed by atoms with Crippen molar-refractivity contribution < 1.29 is 0 Å². The van der Waals surface area contributed by atoms with Crippen LogP contribution in [0.1, 0.15) is 45.0 Å². The van der Waals surface area contributed by atoms with E-state index >= 15 is 0 Å². The van der Waals surface area contributed by atoms with Crippen molar-refractivity contribution >= 4 is 16.5 Å². The molecule has 0 aliphatic carbocycles. The maximum Gasteiger partial charge on any atom is 0.205 e. The molecule has 0 amide bonds. The highest BCUT2D eigenvalue weighted by Crippen LogP contribution is 2.25. The fourth-order valence-corrected chi connectivity index (χ4v) is 3.19. The van der Waals surface area contributed by atoms with Crippen LogP contribution >= 0.6 is 11.3 Å². The van der Waals surface area contributed by atoms with Crippen molar-refractivity contribution in [2.45, 2.75) is 52.6 Å². The van der Waals surface area contributed by atoms with E-state index < -0.39 is 0 Å². The number of aromatic nitrogens is 2. The summed E-state index contributed by atoms with van der Waals surface area (Å²) in [6.45, 7) is 9.95. The van der Waals surface area contributed by atoms with E-state index in [9.17, 15) is 0 Å². The van der Waals surface area contributed by atoms with E-state index in [1.54, 1.807) is 11.3 Å². The Balaban J connectivity index is 1.89. The van der Waals surface area contributed by atoms with Gasteiger partial charge < -0.3 is 5.32 Å². The van der Waals surface area contributed by atoms with E-state index in [4.69, 9.17) is 0 Å². The maximum atomic E-state index is 4.29. The first-order chi connectivity index (χ1) is 8.69. The lowest BCUT2D eigenvalue weighted by Crippen LogP contribution is -2.40. The zero-order chi connectivity index (χ0) is 13.0. The van der Waals surface area contributed by atoms with Crippen molar-refractivity contribution in [1.82, 2.24) is 15.1 Å². The van der Waals surface area contributed by atoms with Gasteiger partial charge in [-0.15, -0.1) is 10.2 Å². The number of piperidine rings is 1. The minimum Gasteiger partial charge on any atom is -0.360 e. The summed E-state index contributed by atoms with van der Waals surface area (Å²) in [6.07, 6.45) is 3.79. The number of nitrogens with one attached hydrogen (secondary N) is 1. The van der Waals surface area contributed by atoms with Gasteiger partial charge in [-0.1, -0.05) is 25.2 Å². The second kappa shape index (κ2) is 6.48.